The predicted molar refractivity (Wildman–Crippen MR) is 94.0 cm³/mol. The number of hydrogen-bond acceptors (Lipinski definition) is 7. The van der Waals surface area contributed by atoms with E-state index >= 15 is 0 Å². The Morgan fingerprint density at radius 2 is 2.33 bits per heavy atom. The lowest BCUT2D eigenvalue weighted by Gasteiger charge is -2.01. The number of carbonyl (C=O) groups excluding carboxylic acids is 1. The quantitative estimate of drug-likeness (QED) is 0.685. The Balaban J connectivity index is 1.38. The minimum atomic E-state index is -0.305. The summed E-state index contributed by atoms with van der Waals surface area (Å²) in [6.45, 7) is 0.858. The summed E-state index contributed by atoms with van der Waals surface area (Å²) in [4.78, 5) is 16.6. The van der Waals surface area contributed by atoms with Crippen molar-refractivity contribution >= 4 is 5.91 Å². The van der Waals surface area contributed by atoms with Crippen LogP contribution in [-0.4, -0.2) is 40.0 Å². The molecular formula is C18H19N5O4. The highest BCUT2D eigenvalue weighted by molar-refractivity contribution is 5.93. The van der Waals surface area contributed by atoms with Gasteiger partial charge in [0.25, 0.3) is 11.8 Å². The average molecular weight is 369 g/mol. The van der Waals surface area contributed by atoms with E-state index in [-0.39, 0.29) is 18.6 Å². The van der Waals surface area contributed by atoms with Gasteiger partial charge in [-0.05, 0) is 31.0 Å². The second-order valence-corrected chi connectivity index (χ2v) is 6.13. The largest absolute Gasteiger partial charge is 0.497 e. The molecule has 3 aromatic rings. The molecule has 27 heavy (non-hydrogen) atoms. The number of hydrogen-bond donors (Lipinski definition) is 2. The maximum atomic E-state index is 12.3. The van der Waals surface area contributed by atoms with Gasteiger partial charge in [0.15, 0.2) is 5.82 Å². The van der Waals surface area contributed by atoms with Gasteiger partial charge in [-0.25, -0.2) is 0 Å². The van der Waals surface area contributed by atoms with Crippen molar-refractivity contribution in [3.05, 3.63) is 47.7 Å². The molecule has 2 aromatic heterocycles. The van der Waals surface area contributed by atoms with E-state index in [0.717, 1.165) is 24.2 Å². The zero-order chi connectivity index (χ0) is 18.6. The number of nitrogens with zero attached hydrogens (tertiary/aromatic N) is 3. The van der Waals surface area contributed by atoms with E-state index in [1.807, 2.05) is 24.3 Å². The van der Waals surface area contributed by atoms with Crippen molar-refractivity contribution in [1.82, 2.24) is 25.7 Å². The van der Waals surface area contributed by atoms with E-state index in [9.17, 15) is 4.79 Å². The van der Waals surface area contributed by atoms with Gasteiger partial charge in [-0.2, -0.15) is 10.1 Å². The molecule has 1 aliphatic heterocycles. The van der Waals surface area contributed by atoms with Crippen molar-refractivity contribution in [2.45, 2.75) is 25.5 Å². The fourth-order valence-corrected chi connectivity index (χ4v) is 2.87. The molecule has 0 bridgehead atoms. The third-order valence-electron chi connectivity index (χ3n) is 4.28. The third kappa shape index (κ3) is 3.82. The lowest BCUT2D eigenvalue weighted by Crippen LogP contribution is -2.23. The van der Waals surface area contributed by atoms with Gasteiger partial charge in [0, 0.05) is 12.2 Å². The van der Waals surface area contributed by atoms with E-state index in [2.05, 4.69) is 25.7 Å². The standard InChI is InChI=1S/C18H19N5O4/c1-25-12-5-2-4-11(8-12)13-9-14(22-21-13)17(24)19-10-16-20-18(27-23-16)15-6-3-7-26-15/h2,4-5,8-9,15H,3,6-7,10H2,1H3,(H,19,24)(H,21,22). The normalized spacial score (nSPS) is 16.4. The number of carbonyl (C=O) groups is 1. The number of aromatic amines is 1. The van der Waals surface area contributed by atoms with Gasteiger partial charge in [0.05, 0.1) is 19.3 Å². The number of aromatic nitrogens is 4. The summed E-state index contributed by atoms with van der Waals surface area (Å²) in [5.74, 6) is 1.28. The molecule has 9 heteroatoms. The number of methoxy groups -OCH3 is 1. The van der Waals surface area contributed by atoms with Crippen molar-refractivity contribution in [3.8, 4) is 17.0 Å². The van der Waals surface area contributed by atoms with Crippen molar-refractivity contribution in [2.75, 3.05) is 13.7 Å². The van der Waals surface area contributed by atoms with E-state index < -0.39 is 0 Å². The van der Waals surface area contributed by atoms with Crippen LogP contribution in [0, 0.1) is 0 Å². The first-order valence-corrected chi connectivity index (χ1v) is 8.65. The van der Waals surface area contributed by atoms with Gasteiger partial charge in [-0.15, -0.1) is 0 Å². The Morgan fingerprint density at radius 1 is 1.41 bits per heavy atom. The van der Waals surface area contributed by atoms with Crippen LogP contribution >= 0.6 is 0 Å². The molecule has 1 amide bonds. The fourth-order valence-electron chi connectivity index (χ4n) is 2.87. The van der Waals surface area contributed by atoms with Crippen LogP contribution in [-0.2, 0) is 11.3 Å². The number of amides is 1. The zero-order valence-corrected chi connectivity index (χ0v) is 14.8. The van der Waals surface area contributed by atoms with Crippen molar-refractivity contribution in [2.24, 2.45) is 0 Å². The molecule has 9 nitrogen and oxygen atoms in total. The maximum Gasteiger partial charge on any atom is 0.269 e. The van der Waals surface area contributed by atoms with E-state index in [1.165, 1.54) is 0 Å². The van der Waals surface area contributed by atoms with Gasteiger partial charge in [-0.1, -0.05) is 17.3 Å². The molecule has 0 radical (unpaired) electrons. The number of rotatable bonds is 6. The van der Waals surface area contributed by atoms with E-state index in [1.54, 1.807) is 13.2 Å². The molecule has 140 valence electrons. The average Bonchev–Trinajstić information content (AvgIpc) is 3.47. The highest BCUT2D eigenvalue weighted by atomic mass is 16.5. The van der Waals surface area contributed by atoms with Gasteiger partial charge < -0.3 is 19.3 Å². The predicted octanol–water partition coefficient (Wildman–Crippen LogP) is 2.25. The van der Waals surface area contributed by atoms with Crippen LogP contribution in [0.4, 0.5) is 0 Å². The van der Waals surface area contributed by atoms with Crippen LogP contribution in [0.5, 0.6) is 5.75 Å². The maximum absolute atomic E-state index is 12.3. The molecule has 1 aliphatic rings. The van der Waals surface area contributed by atoms with Crippen LogP contribution in [0.1, 0.15) is 41.1 Å². The van der Waals surface area contributed by atoms with Crippen LogP contribution in [0.3, 0.4) is 0 Å². The number of ether oxygens (including phenoxy) is 2. The van der Waals surface area contributed by atoms with Crippen molar-refractivity contribution in [1.29, 1.82) is 0 Å². The monoisotopic (exact) mass is 369 g/mol. The second-order valence-electron chi connectivity index (χ2n) is 6.13. The fraction of sp³-hybridized carbons (Fsp3) is 0.333. The summed E-state index contributed by atoms with van der Waals surface area (Å²) in [5.41, 5.74) is 1.85. The Hall–Kier alpha value is -3.20. The molecule has 0 spiro atoms. The van der Waals surface area contributed by atoms with Gasteiger partial charge >= 0.3 is 0 Å². The van der Waals surface area contributed by atoms with E-state index in [0.29, 0.717) is 29.7 Å². The van der Waals surface area contributed by atoms with Crippen LogP contribution in [0.2, 0.25) is 0 Å². The van der Waals surface area contributed by atoms with Crippen LogP contribution < -0.4 is 10.1 Å². The smallest absolute Gasteiger partial charge is 0.269 e. The van der Waals surface area contributed by atoms with Gasteiger partial charge in [0.1, 0.15) is 17.5 Å². The third-order valence-corrected chi connectivity index (χ3v) is 4.28. The molecule has 1 fully saturated rings. The number of nitrogens with one attached hydrogen (secondary N) is 2. The zero-order valence-electron chi connectivity index (χ0n) is 14.8. The molecule has 1 atom stereocenters. The SMILES string of the molecule is COc1cccc(-c2cc(C(=O)NCc3noc(C4CCCO4)n3)[nH]n2)c1. The first-order valence-electron chi connectivity index (χ1n) is 8.65. The summed E-state index contributed by atoms with van der Waals surface area (Å²) in [7, 11) is 1.60. The molecule has 1 unspecified atom stereocenters. The molecular weight excluding hydrogens is 350 g/mol. The topological polar surface area (TPSA) is 115 Å². The van der Waals surface area contributed by atoms with Crippen molar-refractivity contribution in [3.63, 3.8) is 0 Å². The molecule has 3 heterocycles. The summed E-state index contributed by atoms with van der Waals surface area (Å²) >= 11 is 0. The van der Waals surface area contributed by atoms with Crippen LogP contribution in [0.15, 0.2) is 34.9 Å². The summed E-state index contributed by atoms with van der Waals surface area (Å²) < 4.78 is 15.9. The lowest BCUT2D eigenvalue weighted by molar-refractivity contribution is 0.0835. The molecule has 1 saturated heterocycles. The summed E-state index contributed by atoms with van der Waals surface area (Å²) in [5, 5.41) is 13.6. The van der Waals surface area contributed by atoms with Gasteiger partial charge in [-0.3, -0.25) is 9.89 Å². The van der Waals surface area contributed by atoms with Crippen LogP contribution in [0.25, 0.3) is 11.3 Å². The molecule has 1 aromatic carbocycles. The first kappa shape index (κ1) is 17.2. The highest BCUT2D eigenvalue weighted by Gasteiger charge is 2.24. The van der Waals surface area contributed by atoms with Crippen molar-refractivity contribution < 1.29 is 18.8 Å². The summed E-state index contributed by atoms with van der Waals surface area (Å²) in [6, 6.07) is 9.14. The Labute approximate surface area is 155 Å². The summed E-state index contributed by atoms with van der Waals surface area (Å²) in [6.07, 6.45) is 1.71. The highest BCUT2D eigenvalue weighted by Crippen LogP contribution is 2.27. The molecule has 2 N–H and O–H groups in total. The minimum absolute atomic E-state index is 0.139. The molecule has 0 aliphatic carbocycles. The van der Waals surface area contributed by atoms with E-state index in [4.69, 9.17) is 14.0 Å². The van der Waals surface area contributed by atoms with Gasteiger partial charge in [0.2, 0.25) is 0 Å². The number of H-pyrrole nitrogens is 1. The molecule has 4 rings (SSSR count). The Kier molecular flexibility index (Phi) is 4.84. The minimum Gasteiger partial charge on any atom is -0.497 e. The first-order chi connectivity index (χ1) is 13.2. The Morgan fingerprint density at radius 3 is 3.15 bits per heavy atom. The number of benzene rings is 1. The second kappa shape index (κ2) is 7.58. The Bertz CT molecular complexity index is 929. The molecule has 0 saturated carbocycles. The lowest BCUT2D eigenvalue weighted by atomic mass is 10.1.